The van der Waals surface area contributed by atoms with Crippen molar-refractivity contribution in [2.24, 2.45) is 7.05 Å². The molecule has 2 heterocycles. The van der Waals surface area contributed by atoms with Gasteiger partial charge in [-0.3, -0.25) is 9.48 Å². The SMILES string of the molecule is Cc1nn(C)c(C)c1S(=O)(=O)N1CCCN(C(=O)COc2ccccc2F)CC1. The molecule has 0 aliphatic carbocycles. The molecular weight excluding hydrogens is 399 g/mol. The third-order valence-electron chi connectivity index (χ3n) is 5.04. The zero-order valence-electron chi connectivity index (χ0n) is 16.8. The molecular formula is C19H25FN4O4S. The summed E-state index contributed by atoms with van der Waals surface area (Å²) < 4.78 is 48.1. The standard InChI is InChI=1S/C19H25FN4O4S/c1-14-19(15(2)22(3)21-14)29(26,27)24-10-6-9-23(11-12-24)18(25)13-28-17-8-5-4-7-16(17)20/h4-5,7-8H,6,9-13H2,1-3H3. The normalized spacial score (nSPS) is 15.9. The van der Waals surface area contributed by atoms with Crippen molar-refractivity contribution in [1.82, 2.24) is 19.0 Å². The summed E-state index contributed by atoms with van der Waals surface area (Å²) in [6.07, 6.45) is 0.503. The average Bonchev–Trinajstić information content (AvgIpc) is 2.85. The van der Waals surface area contributed by atoms with Gasteiger partial charge in [-0.1, -0.05) is 12.1 Å². The number of carbonyl (C=O) groups is 1. The number of halogens is 1. The van der Waals surface area contributed by atoms with Crippen LogP contribution in [0.4, 0.5) is 4.39 Å². The molecule has 0 saturated carbocycles. The van der Waals surface area contributed by atoms with Crippen molar-refractivity contribution in [2.45, 2.75) is 25.2 Å². The van der Waals surface area contributed by atoms with Crippen molar-refractivity contribution >= 4 is 15.9 Å². The molecule has 1 aliphatic rings. The van der Waals surface area contributed by atoms with E-state index in [1.54, 1.807) is 42.6 Å². The molecule has 2 aromatic rings. The van der Waals surface area contributed by atoms with Crippen LogP contribution < -0.4 is 4.74 Å². The maximum Gasteiger partial charge on any atom is 0.260 e. The van der Waals surface area contributed by atoms with Crippen molar-refractivity contribution in [3.8, 4) is 5.75 Å². The molecule has 29 heavy (non-hydrogen) atoms. The molecule has 1 aliphatic heterocycles. The molecule has 0 unspecified atom stereocenters. The Morgan fingerprint density at radius 2 is 1.90 bits per heavy atom. The van der Waals surface area contributed by atoms with Crippen LogP contribution in [-0.2, 0) is 21.9 Å². The smallest absolute Gasteiger partial charge is 0.260 e. The van der Waals surface area contributed by atoms with E-state index >= 15 is 0 Å². The van der Waals surface area contributed by atoms with Crippen LogP contribution in [0, 0.1) is 19.7 Å². The van der Waals surface area contributed by atoms with Crippen LogP contribution in [0.3, 0.4) is 0 Å². The number of aromatic nitrogens is 2. The number of nitrogens with zero attached hydrogens (tertiary/aromatic N) is 4. The summed E-state index contributed by atoms with van der Waals surface area (Å²) in [5.74, 6) is -0.820. The fraction of sp³-hybridized carbons (Fsp3) is 0.474. The Morgan fingerprint density at radius 3 is 2.55 bits per heavy atom. The van der Waals surface area contributed by atoms with Crippen molar-refractivity contribution in [3.63, 3.8) is 0 Å². The Labute approximate surface area is 169 Å². The molecule has 3 rings (SSSR count). The highest BCUT2D eigenvalue weighted by Crippen LogP contribution is 2.24. The van der Waals surface area contributed by atoms with Gasteiger partial charge in [-0.25, -0.2) is 12.8 Å². The molecule has 1 aromatic carbocycles. The fourth-order valence-electron chi connectivity index (χ4n) is 3.43. The molecule has 1 aromatic heterocycles. The summed E-state index contributed by atoms with van der Waals surface area (Å²) >= 11 is 0. The lowest BCUT2D eigenvalue weighted by Gasteiger charge is -2.22. The van der Waals surface area contributed by atoms with Gasteiger partial charge in [0.15, 0.2) is 18.2 Å². The van der Waals surface area contributed by atoms with Crippen molar-refractivity contribution < 1.29 is 22.3 Å². The predicted octanol–water partition coefficient (Wildman–Crippen LogP) is 1.48. The monoisotopic (exact) mass is 424 g/mol. The van der Waals surface area contributed by atoms with Crippen LogP contribution >= 0.6 is 0 Å². The lowest BCUT2D eigenvalue weighted by atomic mass is 10.3. The second kappa shape index (κ2) is 8.50. The first-order valence-corrected chi connectivity index (χ1v) is 10.8. The van der Waals surface area contributed by atoms with E-state index in [4.69, 9.17) is 4.74 Å². The Hall–Kier alpha value is -2.46. The number of hydrogen-bond acceptors (Lipinski definition) is 5. The van der Waals surface area contributed by atoms with Gasteiger partial charge in [-0.05, 0) is 32.4 Å². The van der Waals surface area contributed by atoms with Crippen molar-refractivity contribution in [3.05, 3.63) is 41.5 Å². The van der Waals surface area contributed by atoms with Gasteiger partial charge in [0.25, 0.3) is 5.91 Å². The number of benzene rings is 1. The second-order valence-electron chi connectivity index (χ2n) is 6.98. The van der Waals surface area contributed by atoms with E-state index in [1.165, 1.54) is 16.4 Å². The minimum atomic E-state index is -3.70. The summed E-state index contributed by atoms with van der Waals surface area (Å²) in [6, 6.07) is 5.88. The molecule has 0 radical (unpaired) electrons. The van der Waals surface area contributed by atoms with Gasteiger partial charge in [0.1, 0.15) is 4.90 Å². The largest absolute Gasteiger partial charge is 0.481 e. The van der Waals surface area contributed by atoms with Crippen LogP contribution in [0.15, 0.2) is 29.2 Å². The lowest BCUT2D eigenvalue weighted by Crippen LogP contribution is -2.39. The van der Waals surface area contributed by atoms with E-state index in [2.05, 4.69) is 5.10 Å². The third kappa shape index (κ3) is 4.43. The van der Waals surface area contributed by atoms with E-state index in [0.29, 0.717) is 30.9 Å². The zero-order chi connectivity index (χ0) is 21.2. The number of para-hydroxylation sites is 1. The minimum absolute atomic E-state index is 0.0161. The first-order chi connectivity index (χ1) is 13.7. The van der Waals surface area contributed by atoms with Crippen molar-refractivity contribution in [2.75, 3.05) is 32.8 Å². The number of hydrogen-bond donors (Lipinski definition) is 0. The molecule has 0 bridgehead atoms. The maximum atomic E-state index is 13.6. The van der Waals surface area contributed by atoms with Crippen molar-refractivity contribution in [1.29, 1.82) is 0 Å². The number of rotatable bonds is 5. The molecule has 0 spiro atoms. The van der Waals surface area contributed by atoms with E-state index < -0.39 is 15.8 Å². The summed E-state index contributed by atoms with van der Waals surface area (Å²) in [5, 5.41) is 4.20. The van der Waals surface area contributed by atoms with Crippen LogP contribution in [0.2, 0.25) is 0 Å². The minimum Gasteiger partial charge on any atom is -0.481 e. The molecule has 0 N–H and O–H groups in total. The fourth-order valence-corrected chi connectivity index (χ4v) is 5.30. The Kier molecular flexibility index (Phi) is 6.23. The predicted molar refractivity (Wildman–Crippen MR) is 105 cm³/mol. The zero-order valence-corrected chi connectivity index (χ0v) is 17.6. The van der Waals surface area contributed by atoms with Crippen LogP contribution in [-0.4, -0.2) is 66.1 Å². The van der Waals surface area contributed by atoms with Crippen LogP contribution in [0.5, 0.6) is 5.75 Å². The summed E-state index contributed by atoms with van der Waals surface area (Å²) in [7, 11) is -2.00. The number of carbonyl (C=O) groups excluding carboxylic acids is 1. The van der Waals surface area contributed by atoms with E-state index in [1.807, 2.05) is 0 Å². The number of amides is 1. The highest BCUT2D eigenvalue weighted by Gasteiger charge is 2.32. The third-order valence-corrected chi connectivity index (χ3v) is 7.19. The Balaban J connectivity index is 1.65. The molecule has 0 atom stereocenters. The molecule has 1 saturated heterocycles. The van der Waals surface area contributed by atoms with Gasteiger partial charge >= 0.3 is 0 Å². The molecule has 8 nitrogen and oxygen atoms in total. The second-order valence-corrected chi connectivity index (χ2v) is 8.86. The summed E-state index contributed by atoms with van der Waals surface area (Å²) in [6.45, 7) is 4.26. The summed E-state index contributed by atoms with van der Waals surface area (Å²) in [4.78, 5) is 14.3. The van der Waals surface area contributed by atoms with Gasteiger partial charge in [0, 0.05) is 33.2 Å². The van der Waals surface area contributed by atoms with Crippen LogP contribution in [0.1, 0.15) is 17.8 Å². The topological polar surface area (TPSA) is 84.7 Å². The quantitative estimate of drug-likeness (QED) is 0.726. The average molecular weight is 424 g/mol. The number of aryl methyl sites for hydroxylation is 2. The van der Waals surface area contributed by atoms with E-state index in [-0.39, 0.29) is 36.2 Å². The van der Waals surface area contributed by atoms with Gasteiger partial charge in [-0.2, -0.15) is 9.40 Å². The number of sulfonamides is 1. The van der Waals surface area contributed by atoms with E-state index in [9.17, 15) is 17.6 Å². The molecule has 1 amide bonds. The highest BCUT2D eigenvalue weighted by molar-refractivity contribution is 7.89. The maximum absolute atomic E-state index is 13.6. The Morgan fingerprint density at radius 1 is 1.17 bits per heavy atom. The first-order valence-electron chi connectivity index (χ1n) is 9.37. The Bertz CT molecular complexity index is 1010. The molecule has 10 heteroatoms. The lowest BCUT2D eigenvalue weighted by molar-refractivity contribution is -0.133. The van der Waals surface area contributed by atoms with Crippen LogP contribution in [0.25, 0.3) is 0 Å². The van der Waals surface area contributed by atoms with E-state index in [0.717, 1.165) is 0 Å². The highest BCUT2D eigenvalue weighted by atomic mass is 32.2. The molecule has 158 valence electrons. The van der Waals surface area contributed by atoms with Gasteiger partial charge in [0.05, 0.1) is 11.4 Å². The van der Waals surface area contributed by atoms with Gasteiger partial charge in [0.2, 0.25) is 10.0 Å². The first kappa shape index (κ1) is 21.3. The molecule has 1 fully saturated rings. The van der Waals surface area contributed by atoms with Gasteiger partial charge < -0.3 is 9.64 Å². The van der Waals surface area contributed by atoms with Gasteiger partial charge in [-0.15, -0.1) is 0 Å². The summed E-state index contributed by atoms with van der Waals surface area (Å²) in [5.41, 5.74) is 1.04. The number of ether oxygens (including phenoxy) is 1.